The van der Waals surface area contributed by atoms with Crippen LogP contribution in [-0.2, 0) is 6.61 Å². The lowest BCUT2D eigenvalue weighted by Gasteiger charge is -2.13. The highest BCUT2D eigenvalue weighted by atomic mass is 16.5. The predicted octanol–water partition coefficient (Wildman–Crippen LogP) is 4.19. The first-order chi connectivity index (χ1) is 14.2. The molecule has 4 rings (SSSR count). The van der Waals surface area contributed by atoms with E-state index in [1.54, 1.807) is 26.4 Å². The number of hydrogen-bond acceptors (Lipinski definition) is 5. The summed E-state index contributed by atoms with van der Waals surface area (Å²) >= 11 is 0. The molecule has 0 unspecified atom stereocenters. The second-order valence-electron chi connectivity index (χ2n) is 6.44. The third-order valence-electron chi connectivity index (χ3n) is 4.58. The van der Waals surface area contributed by atoms with Crippen molar-refractivity contribution < 1.29 is 14.2 Å². The number of hydrogen-bond donors (Lipinski definition) is 1. The van der Waals surface area contributed by atoms with Crippen molar-refractivity contribution in [3.8, 4) is 28.6 Å². The Morgan fingerprint density at radius 2 is 1.76 bits per heavy atom. The van der Waals surface area contributed by atoms with Crippen LogP contribution in [-0.4, -0.2) is 24.2 Å². The first-order valence-corrected chi connectivity index (χ1v) is 9.11. The molecule has 1 N–H and O–H groups in total. The maximum Gasteiger partial charge on any atom is 0.259 e. The molecule has 4 aromatic rings. The van der Waals surface area contributed by atoms with Crippen LogP contribution in [0, 0.1) is 0 Å². The van der Waals surface area contributed by atoms with Crippen LogP contribution in [0.15, 0.2) is 71.5 Å². The third-order valence-corrected chi connectivity index (χ3v) is 4.58. The molecule has 1 heterocycles. The van der Waals surface area contributed by atoms with Crippen LogP contribution in [0.2, 0.25) is 0 Å². The van der Waals surface area contributed by atoms with Crippen molar-refractivity contribution in [2.24, 2.45) is 0 Å². The van der Waals surface area contributed by atoms with E-state index in [-0.39, 0.29) is 5.56 Å². The summed E-state index contributed by atoms with van der Waals surface area (Å²) in [6.45, 7) is 0.346. The van der Waals surface area contributed by atoms with E-state index < -0.39 is 0 Å². The lowest BCUT2D eigenvalue weighted by molar-refractivity contribution is 0.284. The van der Waals surface area contributed by atoms with Gasteiger partial charge in [0.05, 0.1) is 25.1 Å². The van der Waals surface area contributed by atoms with Gasteiger partial charge >= 0.3 is 0 Å². The predicted molar refractivity (Wildman–Crippen MR) is 112 cm³/mol. The van der Waals surface area contributed by atoms with Gasteiger partial charge in [0, 0.05) is 5.56 Å². The van der Waals surface area contributed by atoms with Crippen molar-refractivity contribution in [1.82, 2.24) is 9.97 Å². The number of H-pyrrole nitrogens is 1. The molecule has 0 radical (unpaired) electrons. The van der Waals surface area contributed by atoms with Gasteiger partial charge in [-0.05, 0) is 48.0 Å². The summed E-state index contributed by atoms with van der Waals surface area (Å²) in [6, 6.07) is 20.4. The van der Waals surface area contributed by atoms with E-state index >= 15 is 0 Å². The first-order valence-electron chi connectivity index (χ1n) is 9.11. The molecule has 146 valence electrons. The Kier molecular flexibility index (Phi) is 5.16. The van der Waals surface area contributed by atoms with Gasteiger partial charge in [0.25, 0.3) is 5.56 Å². The third kappa shape index (κ3) is 3.91. The van der Waals surface area contributed by atoms with Crippen molar-refractivity contribution in [1.29, 1.82) is 0 Å². The number of rotatable bonds is 6. The maximum absolute atomic E-state index is 12.4. The van der Waals surface area contributed by atoms with E-state index in [0.29, 0.717) is 34.8 Å². The lowest BCUT2D eigenvalue weighted by atomic mass is 10.1. The van der Waals surface area contributed by atoms with E-state index in [1.165, 1.54) is 0 Å². The molecule has 29 heavy (non-hydrogen) atoms. The van der Waals surface area contributed by atoms with Gasteiger partial charge in [-0.2, -0.15) is 0 Å². The number of ether oxygens (including phenoxy) is 3. The number of methoxy groups -OCH3 is 2. The maximum atomic E-state index is 12.4. The van der Waals surface area contributed by atoms with Crippen molar-refractivity contribution in [3.05, 3.63) is 82.6 Å². The standard InChI is InChI=1S/C23H20N2O4/c1-27-17-7-5-6-15(12-17)14-29-21-13-16(10-11-20(21)28-2)22-24-19-9-4-3-8-18(19)23(26)25-22/h3-13H,14H2,1-2H3,(H,24,25,26). The Morgan fingerprint density at radius 3 is 2.59 bits per heavy atom. The Morgan fingerprint density at radius 1 is 0.897 bits per heavy atom. The second-order valence-corrected chi connectivity index (χ2v) is 6.44. The van der Waals surface area contributed by atoms with Crippen LogP contribution in [0.5, 0.6) is 17.2 Å². The molecule has 0 saturated heterocycles. The molecule has 0 fully saturated rings. The number of nitrogens with zero attached hydrogens (tertiary/aromatic N) is 1. The van der Waals surface area contributed by atoms with Gasteiger partial charge in [-0.3, -0.25) is 4.79 Å². The van der Waals surface area contributed by atoms with Gasteiger partial charge in [0.15, 0.2) is 11.5 Å². The summed E-state index contributed by atoms with van der Waals surface area (Å²) in [5.41, 5.74) is 2.16. The highest BCUT2D eigenvalue weighted by Gasteiger charge is 2.11. The second kappa shape index (κ2) is 8.06. The summed E-state index contributed by atoms with van der Waals surface area (Å²) in [6.07, 6.45) is 0. The summed E-state index contributed by atoms with van der Waals surface area (Å²) in [5, 5.41) is 0.555. The molecular weight excluding hydrogens is 368 g/mol. The van der Waals surface area contributed by atoms with E-state index in [1.807, 2.05) is 54.6 Å². The summed E-state index contributed by atoms with van der Waals surface area (Å²) in [4.78, 5) is 19.8. The molecule has 0 atom stereocenters. The fourth-order valence-corrected chi connectivity index (χ4v) is 3.08. The lowest BCUT2D eigenvalue weighted by Crippen LogP contribution is -2.09. The van der Waals surface area contributed by atoms with Gasteiger partial charge in [-0.25, -0.2) is 4.98 Å². The number of benzene rings is 3. The Bertz CT molecular complexity index is 1220. The molecule has 0 aliphatic rings. The molecule has 0 bridgehead atoms. The highest BCUT2D eigenvalue weighted by Crippen LogP contribution is 2.32. The monoisotopic (exact) mass is 388 g/mol. The Balaban J connectivity index is 1.67. The zero-order valence-electron chi connectivity index (χ0n) is 16.1. The molecule has 3 aromatic carbocycles. The molecule has 0 amide bonds. The molecule has 6 nitrogen and oxygen atoms in total. The zero-order chi connectivity index (χ0) is 20.2. The topological polar surface area (TPSA) is 73.4 Å². The van der Waals surface area contributed by atoms with E-state index in [0.717, 1.165) is 16.9 Å². The molecule has 0 spiro atoms. The summed E-state index contributed by atoms with van der Waals surface area (Å²) < 4.78 is 16.7. The summed E-state index contributed by atoms with van der Waals surface area (Å²) in [5.74, 6) is 2.40. The minimum Gasteiger partial charge on any atom is -0.497 e. The number of aromatic nitrogens is 2. The fraction of sp³-hybridized carbons (Fsp3) is 0.130. The van der Waals surface area contributed by atoms with Crippen LogP contribution in [0.25, 0.3) is 22.3 Å². The highest BCUT2D eigenvalue weighted by molar-refractivity contribution is 5.79. The van der Waals surface area contributed by atoms with E-state index in [2.05, 4.69) is 9.97 Å². The van der Waals surface area contributed by atoms with Gasteiger partial charge in [0.2, 0.25) is 0 Å². The number of fused-ring (bicyclic) bond motifs is 1. The van der Waals surface area contributed by atoms with Crippen LogP contribution in [0.3, 0.4) is 0 Å². The molecule has 1 aromatic heterocycles. The Labute approximate surface area is 167 Å². The average Bonchev–Trinajstić information content (AvgIpc) is 2.77. The fourth-order valence-electron chi connectivity index (χ4n) is 3.08. The number of aromatic amines is 1. The smallest absolute Gasteiger partial charge is 0.259 e. The minimum absolute atomic E-state index is 0.180. The van der Waals surface area contributed by atoms with Gasteiger partial charge in [-0.1, -0.05) is 24.3 Å². The average molecular weight is 388 g/mol. The molecular formula is C23H20N2O4. The van der Waals surface area contributed by atoms with Crippen LogP contribution in [0.1, 0.15) is 5.56 Å². The van der Waals surface area contributed by atoms with Gasteiger partial charge in [0.1, 0.15) is 18.2 Å². The normalized spacial score (nSPS) is 10.7. The van der Waals surface area contributed by atoms with Crippen LogP contribution >= 0.6 is 0 Å². The van der Waals surface area contributed by atoms with Crippen molar-refractivity contribution in [2.75, 3.05) is 14.2 Å². The van der Waals surface area contributed by atoms with Crippen molar-refractivity contribution in [3.63, 3.8) is 0 Å². The van der Waals surface area contributed by atoms with Gasteiger partial charge < -0.3 is 19.2 Å². The largest absolute Gasteiger partial charge is 0.497 e. The molecule has 0 saturated carbocycles. The first kappa shape index (κ1) is 18.6. The molecule has 6 heteroatoms. The van der Waals surface area contributed by atoms with Crippen molar-refractivity contribution >= 4 is 10.9 Å². The number of nitrogens with one attached hydrogen (secondary N) is 1. The van der Waals surface area contributed by atoms with Crippen LogP contribution < -0.4 is 19.8 Å². The molecule has 0 aliphatic heterocycles. The van der Waals surface area contributed by atoms with Crippen LogP contribution in [0.4, 0.5) is 0 Å². The quantitative estimate of drug-likeness (QED) is 0.536. The number of para-hydroxylation sites is 1. The molecule has 0 aliphatic carbocycles. The van der Waals surface area contributed by atoms with E-state index in [9.17, 15) is 4.79 Å². The SMILES string of the molecule is COc1cccc(COc2cc(-c3nc4ccccc4c(=O)[nH]3)ccc2OC)c1. The Hall–Kier alpha value is -3.80. The zero-order valence-corrected chi connectivity index (χ0v) is 16.1. The minimum atomic E-state index is -0.180. The summed E-state index contributed by atoms with van der Waals surface area (Å²) in [7, 11) is 3.22. The van der Waals surface area contributed by atoms with Gasteiger partial charge in [-0.15, -0.1) is 0 Å². The van der Waals surface area contributed by atoms with Crippen molar-refractivity contribution in [2.45, 2.75) is 6.61 Å². The van der Waals surface area contributed by atoms with E-state index in [4.69, 9.17) is 14.2 Å².